The molecule has 8 heteroatoms. The standard InChI is InChI=1S/C15H18BrN3O3.ClH/c16-14-7-12(19(21)22)1-2-13(14)15(20)18-5-3-10-8-17-9-11(10)4-6-18;/h1-2,7,10-11,17H,3-6,8-9H2;1H/t10-,11+;. The zero-order valence-electron chi connectivity index (χ0n) is 12.5. The average molecular weight is 405 g/mol. The Morgan fingerprint density at radius 2 is 1.87 bits per heavy atom. The van der Waals surface area contributed by atoms with Crippen molar-refractivity contribution in [3.63, 3.8) is 0 Å². The van der Waals surface area contributed by atoms with Gasteiger partial charge in [0, 0.05) is 29.7 Å². The van der Waals surface area contributed by atoms with Gasteiger partial charge in [0.25, 0.3) is 11.6 Å². The Morgan fingerprint density at radius 3 is 2.39 bits per heavy atom. The van der Waals surface area contributed by atoms with Crippen LogP contribution in [0.4, 0.5) is 5.69 Å². The van der Waals surface area contributed by atoms with Crippen LogP contribution in [0.15, 0.2) is 22.7 Å². The molecule has 1 N–H and O–H groups in total. The van der Waals surface area contributed by atoms with Gasteiger partial charge in [-0.25, -0.2) is 0 Å². The van der Waals surface area contributed by atoms with Crippen molar-refractivity contribution in [3.8, 4) is 0 Å². The highest BCUT2D eigenvalue weighted by Gasteiger charge is 2.32. The largest absolute Gasteiger partial charge is 0.339 e. The van der Waals surface area contributed by atoms with Crippen molar-refractivity contribution in [2.45, 2.75) is 12.8 Å². The van der Waals surface area contributed by atoms with E-state index in [0.29, 0.717) is 21.9 Å². The summed E-state index contributed by atoms with van der Waals surface area (Å²) >= 11 is 3.29. The second kappa shape index (κ2) is 7.59. The second-order valence-electron chi connectivity index (χ2n) is 5.97. The summed E-state index contributed by atoms with van der Waals surface area (Å²) in [6.45, 7) is 3.61. The number of nitro groups is 1. The minimum Gasteiger partial charge on any atom is -0.339 e. The van der Waals surface area contributed by atoms with E-state index in [1.165, 1.54) is 18.2 Å². The number of fused-ring (bicyclic) bond motifs is 1. The number of rotatable bonds is 2. The van der Waals surface area contributed by atoms with E-state index in [4.69, 9.17) is 0 Å². The number of benzene rings is 1. The summed E-state index contributed by atoms with van der Waals surface area (Å²) in [7, 11) is 0. The zero-order chi connectivity index (χ0) is 15.7. The molecule has 0 aliphatic carbocycles. The highest BCUT2D eigenvalue weighted by atomic mass is 79.9. The summed E-state index contributed by atoms with van der Waals surface area (Å²) in [4.78, 5) is 24.9. The predicted octanol–water partition coefficient (Wildman–Crippen LogP) is 2.85. The van der Waals surface area contributed by atoms with Gasteiger partial charge in [0.1, 0.15) is 0 Å². The minimum absolute atomic E-state index is 0. The average Bonchev–Trinajstić information content (AvgIpc) is 2.85. The van der Waals surface area contributed by atoms with Gasteiger partial charge >= 0.3 is 0 Å². The van der Waals surface area contributed by atoms with E-state index < -0.39 is 4.92 Å². The molecule has 2 fully saturated rings. The smallest absolute Gasteiger partial charge is 0.270 e. The molecule has 2 saturated heterocycles. The lowest BCUT2D eigenvalue weighted by molar-refractivity contribution is -0.384. The van der Waals surface area contributed by atoms with Crippen LogP contribution < -0.4 is 5.32 Å². The monoisotopic (exact) mass is 403 g/mol. The van der Waals surface area contributed by atoms with Gasteiger partial charge in [0.2, 0.25) is 0 Å². The number of carbonyl (C=O) groups excluding carboxylic acids is 1. The Morgan fingerprint density at radius 1 is 1.26 bits per heavy atom. The van der Waals surface area contributed by atoms with Crippen LogP contribution in [0.2, 0.25) is 0 Å². The highest BCUT2D eigenvalue weighted by molar-refractivity contribution is 9.10. The molecule has 2 aliphatic heterocycles. The quantitative estimate of drug-likeness (QED) is 0.607. The summed E-state index contributed by atoms with van der Waals surface area (Å²) in [6.07, 6.45) is 2.04. The van der Waals surface area contributed by atoms with Crippen molar-refractivity contribution >= 4 is 39.9 Å². The summed E-state index contributed by atoms with van der Waals surface area (Å²) in [5, 5.41) is 14.2. The molecular weight excluding hydrogens is 386 g/mol. The van der Waals surface area contributed by atoms with E-state index in [0.717, 1.165) is 39.0 Å². The molecule has 3 rings (SSSR count). The van der Waals surface area contributed by atoms with Crippen LogP contribution in [0.1, 0.15) is 23.2 Å². The second-order valence-corrected chi connectivity index (χ2v) is 6.82. The maximum Gasteiger partial charge on any atom is 0.270 e. The molecule has 23 heavy (non-hydrogen) atoms. The molecule has 0 aromatic heterocycles. The fourth-order valence-corrected chi connectivity index (χ4v) is 3.92. The maximum atomic E-state index is 12.7. The molecule has 1 amide bonds. The SMILES string of the molecule is Cl.O=C(c1ccc([N+](=O)[O-])cc1Br)N1CC[C@@H]2CNC[C@@H]2CC1. The normalized spacial score (nSPS) is 23.6. The number of nitrogens with one attached hydrogen (secondary N) is 1. The van der Waals surface area contributed by atoms with Crippen LogP contribution in [0.5, 0.6) is 0 Å². The molecule has 0 radical (unpaired) electrons. The van der Waals surface area contributed by atoms with Crippen molar-refractivity contribution in [1.82, 2.24) is 10.2 Å². The first-order chi connectivity index (χ1) is 10.6. The number of nitrogens with zero attached hydrogens (tertiary/aromatic N) is 2. The molecule has 1 aromatic rings. The summed E-state index contributed by atoms with van der Waals surface area (Å²) < 4.78 is 0.484. The van der Waals surface area contributed by atoms with E-state index in [2.05, 4.69) is 21.2 Å². The maximum absolute atomic E-state index is 12.7. The van der Waals surface area contributed by atoms with Gasteiger partial charge in [-0.3, -0.25) is 14.9 Å². The van der Waals surface area contributed by atoms with Gasteiger partial charge in [-0.15, -0.1) is 12.4 Å². The van der Waals surface area contributed by atoms with E-state index in [1.807, 2.05) is 4.90 Å². The first-order valence-corrected chi connectivity index (χ1v) is 8.29. The van der Waals surface area contributed by atoms with Crippen LogP contribution in [-0.2, 0) is 0 Å². The van der Waals surface area contributed by atoms with Gasteiger partial charge in [-0.05, 0) is 59.8 Å². The van der Waals surface area contributed by atoms with Crippen LogP contribution in [0.25, 0.3) is 0 Å². The van der Waals surface area contributed by atoms with Crippen LogP contribution in [0.3, 0.4) is 0 Å². The zero-order valence-corrected chi connectivity index (χ0v) is 14.9. The van der Waals surface area contributed by atoms with Crippen molar-refractivity contribution in [2.75, 3.05) is 26.2 Å². The topological polar surface area (TPSA) is 75.5 Å². The molecular formula is C15H19BrClN3O3. The van der Waals surface area contributed by atoms with Gasteiger partial charge in [-0.2, -0.15) is 0 Å². The van der Waals surface area contributed by atoms with Crippen molar-refractivity contribution in [2.24, 2.45) is 11.8 Å². The predicted molar refractivity (Wildman–Crippen MR) is 93.0 cm³/mol. The number of amides is 1. The van der Waals surface area contributed by atoms with E-state index in [9.17, 15) is 14.9 Å². The number of nitro benzene ring substituents is 1. The number of hydrogen-bond acceptors (Lipinski definition) is 4. The van der Waals surface area contributed by atoms with E-state index >= 15 is 0 Å². The van der Waals surface area contributed by atoms with Gasteiger partial charge in [-0.1, -0.05) is 0 Å². The third-order valence-electron chi connectivity index (χ3n) is 4.70. The fraction of sp³-hybridized carbons (Fsp3) is 0.533. The Kier molecular flexibility index (Phi) is 6.00. The molecule has 2 aliphatic rings. The third kappa shape index (κ3) is 3.84. The minimum atomic E-state index is -0.459. The summed E-state index contributed by atoms with van der Waals surface area (Å²) in [5.41, 5.74) is 0.482. The third-order valence-corrected chi connectivity index (χ3v) is 5.36. The first-order valence-electron chi connectivity index (χ1n) is 7.50. The summed E-state index contributed by atoms with van der Waals surface area (Å²) in [5.74, 6) is 1.28. The lowest BCUT2D eigenvalue weighted by atomic mass is 9.92. The van der Waals surface area contributed by atoms with Gasteiger partial charge in [0.05, 0.1) is 10.5 Å². The summed E-state index contributed by atoms with van der Waals surface area (Å²) in [6, 6.07) is 4.32. The Hall–Kier alpha value is -1.18. The van der Waals surface area contributed by atoms with Crippen molar-refractivity contribution < 1.29 is 9.72 Å². The van der Waals surface area contributed by atoms with Crippen molar-refractivity contribution in [3.05, 3.63) is 38.3 Å². The van der Waals surface area contributed by atoms with Crippen LogP contribution in [0, 0.1) is 22.0 Å². The molecule has 0 saturated carbocycles. The Labute approximate surface area is 149 Å². The number of carbonyl (C=O) groups is 1. The van der Waals surface area contributed by atoms with Crippen molar-refractivity contribution in [1.29, 1.82) is 0 Å². The van der Waals surface area contributed by atoms with Gasteiger partial charge in [0.15, 0.2) is 0 Å². The number of non-ortho nitro benzene ring substituents is 1. The molecule has 0 spiro atoms. The molecule has 6 nitrogen and oxygen atoms in total. The molecule has 2 heterocycles. The molecule has 0 bridgehead atoms. The van der Waals surface area contributed by atoms with Crippen LogP contribution >= 0.6 is 28.3 Å². The molecule has 126 valence electrons. The van der Waals surface area contributed by atoms with E-state index in [1.54, 1.807) is 0 Å². The molecule has 0 unspecified atom stereocenters. The number of likely N-dealkylation sites (tertiary alicyclic amines) is 1. The van der Waals surface area contributed by atoms with Crippen LogP contribution in [-0.4, -0.2) is 41.9 Å². The lowest BCUT2D eigenvalue weighted by Crippen LogP contribution is -2.33. The molecule has 1 aromatic carbocycles. The lowest BCUT2D eigenvalue weighted by Gasteiger charge is -2.21. The van der Waals surface area contributed by atoms with E-state index in [-0.39, 0.29) is 24.0 Å². The highest BCUT2D eigenvalue weighted by Crippen LogP contribution is 2.29. The Balaban J connectivity index is 0.00000192. The fourth-order valence-electron chi connectivity index (χ4n) is 3.38. The first kappa shape index (κ1) is 18.2. The number of hydrogen-bond donors (Lipinski definition) is 1. The molecule has 2 atom stereocenters. The van der Waals surface area contributed by atoms with Gasteiger partial charge < -0.3 is 10.2 Å². The number of halogens is 2. The Bertz CT molecular complexity index is 600.